The van der Waals surface area contributed by atoms with Gasteiger partial charge in [0.25, 0.3) is 11.8 Å². The lowest BCUT2D eigenvalue weighted by Gasteiger charge is -2.42. The summed E-state index contributed by atoms with van der Waals surface area (Å²) in [4.78, 5) is 87.1. The second-order valence-electron chi connectivity index (χ2n) is 16.2. The van der Waals surface area contributed by atoms with E-state index < -0.39 is 74.6 Å². The van der Waals surface area contributed by atoms with E-state index in [0.29, 0.717) is 52.3 Å². The van der Waals surface area contributed by atoms with Crippen molar-refractivity contribution >= 4 is 91.3 Å². The molecule has 1 aromatic heterocycles. The molecule has 63 heavy (non-hydrogen) atoms. The van der Waals surface area contributed by atoms with Gasteiger partial charge in [-0.1, -0.05) is 49.7 Å². The van der Waals surface area contributed by atoms with E-state index in [1.54, 1.807) is 42.5 Å². The number of ether oxygens (including phenoxy) is 1. The van der Waals surface area contributed by atoms with E-state index in [1.165, 1.54) is 18.2 Å². The van der Waals surface area contributed by atoms with Crippen molar-refractivity contribution in [3.05, 3.63) is 93.3 Å². The fourth-order valence-corrected chi connectivity index (χ4v) is 12.2. The van der Waals surface area contributed by atoms with Gasteiger partial charge in [0, 0.05) is 29.5 Å². The molecule has 0 bridgehead atoms. The predicted octanol–water partition coefficient (Wildman–Crippen LogP) is 5.66. The second-order valence-corrected chi connectivity index (χ2v) is 19.8. The lowest BCUT2D eigenvalue weighted by Crippen LogP contribution is -2.54. The van der Waals surface area contributed by atoms with Gasteiger partial charge in [-0.2, -0.15) is 0 Å². The highest BCUT2D eigenvalue weighted by atomic mass is 35.5. The highest BCUT2D eigenvalue weighted by Crippen LogP contribution is 2.47. The number of anilines is 3. The number of nitrogens with one attached hydrogen (secondary N) is 4. The first-order valence-corrected chi connectivity index (χ1v) is 22.7. The zero-order valence-corrected chi connectivity index (χ0v) is 36.2. The standard InChI is InChI=1S/C43H42ClN5O12S2/c1-43(2)18-27(46-26-8-4-6-23(16-26)37-35(44)36(61-20-34(52)53)38(62-37)42(57)58)10-13-31(43)63(59,60)21-22-5-3-7-25(15-22)47-33(51)19-45-24-9-11-28-29(17-24)41(56)49(40(28)55)30-12-14-32(50)48-39(30)54/h3-9,11,15-17,27,30-31,45-46H,10,12-14,18-21H2,1-2H3,(H,47,51)(H,52,53)(H,57,58)(H,48,50,54)/t27-,30?,31?/m0/s1. The summed E-state index contributed by atoms with van der Waals surface area (Å²) < 4.78 is 33.2. The van der Waals surface area contributed by atoms with E-state index in [4.69, 9.17) is 21.4 Å². The first kappa shape index (κ1) is 44.7. The van der Waals surface area contributed by atoms with Crippen molar-refractivity contribution in [3.63, 3.8) is 0 Å². The van der Waals surface area contributed by atoms with E-state index in [2.05, 4.69) is 21.3 Å². The van der Waals surface area contributed by atoms with Crippen molar-refractivity contribution < 1.29 is 56.9 Å². The number of carbonyl (C=O) groups excluding carboxylic acids is 5. The Morgan fingerprint density at radius 1 is 0.921 bits per heavy atom. The van der Waals surface area contributed by atoms with Gasteiger partial charge in [0.15, 0.2) is 27.1 Å². The van der Waals surface area contributed by atoms with Crippen LogP contribution in [0.4, 0.5) is 17.1 Å². The van der Waals surface area contributed by atoms with Crippen LogP contribution in [0.2, 0.25) is 5.02 Å². The zero-order chi connectivity index (χ0) is 45.4. The van der Waals surface area contributed by atoms with Crippen LogP contribution < -0.4 is 26.0 Å². The highest BCUT2D eigenvalue weighted by molar-refractivity contribution is 7.91. The summed E-state index contributed by atoms with van der Waals surface area (Å²) in [5, 5.41) is 29.4. The Balaban J connectivity index is 0.938. The van der Waals surface area contributed by atoms with Gasteiger partial charge in [-0.3, -0.25) is 34.2 Å². The van der Waals surface area contributed by atoms with Crippen molar-refractivity contribution in [3.8, 4) is 16.2 Å². The molecule has 7 rings (SSSR count). The quantitative estimate of drug-likeness (QED) is 0.0788. The number of imide groups is 2. The summed E-state index contributed by atoms with van der Waals surface area (Å²) in [5.74, 6) is -6.03. The molecule has 1 aliphatic carbocycles. The van der Waals surface area contributed by atoms with Crippen LogP contribution in [-0.2, 0) is 34.8 Å². The van der Waals surface area contributed by atoms with Crippen LogP contribution in [0.15, 0.2) is 66.7 Å². The van der Waals surface area contributed by atoms with Crippen LogP contribution >= 0.6 is 22.9 Å². The maximum Gasteiger partial charge on any atom is 0.349 e. The fraction of sp³-hybridized carbons (Fsp3) is 0.326. The molecule has 1 saturated heterocycles. The number of amides is 5. The largest absolute Gasteiger partial charge is 0.479 e. The summed E-state index contributed by atoms with van der Waals surface area (Å²) >= 11 is 7.37. The Bertz CT molecular complexity index is 2680. The number of carbonyl (C=O) groups is 7. The number of thiophene rings is 1. The van der Waals surface area contributed by atoms with Gasteiger partial charge in [-0.15, -0.1) is 11.3 Å². The van der Waals surface area contributed by atoms with Gasteiger partial charge in [0.2, 0.25) is 17.7 Å². The van der Waals surface area contributed by atoms with E-state index in [1.807, 2.05) is 19.9 Å². The van der Waals surface area contributed by atoms with Crippen LogP contribution in [0.25, 0.3) is 10.4 Å². The summed E-state index contributed by atoms with van der Waals surface area (Å²) in [6.45, 7) is 2.85. The molecule has 6 N–H and O–H groups in total. The number of hydrogen-bond donors (Lipinski definition) is 6. The van der Waals surface area contributed by atoms with Gasteiger partial charge < -0.3 is 30.9 Å². The number of carboxylic acid groups (broad SMARTS) is 2. The van der Waals surface area contributed by atoms with Crippen LogP contribution in [0.1, 0.15) is 81.9 Å². The lowest BCUT2D eigenvalue weighted by atomic mass is 9.74. The van der Waals surface area contributed by atoms with Crippen LogP contribution in [0.5, 0.6) is 5.75 Å². The molecule has 20 heteroatoms. The van der Waals surface area contributed by atoms with Gasteiger partial charge in [-0.25, -0.2) is 18.0 Å². The molecule has 2 unspecified atom stereocenters. The maximum absolute atomic E-state index is 14.0. The van der Waals surface area contributed by atoms with Crippen molar-refractivity contribution in [2.45, 2.75) is 69.0 Å². The topological polar surface area (TPSA) is 255 Å². The molecule has 4 aromatic rings. The Morgan fingerprint density at radius 3 is 2.37 bits per heavy atom. The second kappa shape index (κ2) is 17.8. The predicted molar refractivity (Wildman–Crippen MR) is 233 cm³/mol. The van der Waals surface area contributed by atoms with E-state index in [0.717, 1.165) is 16.2 Å². The molecule has 3 atom stereocenters. The zero-order valence-electron chi connectivity index (χ0n) is 33.9. The highest BCUT2D eigenvalue weighted by Gasteiger charge is 2.46. The van der Waals surface area contributed by atoms with Gasteiger partial charge >= 0.3 is 11.9 Å². The third-order valence-electron chi connectivity index (χ3n) is 11.2. The number of hydrogen-bond acceptors (Lipinski definition) is 13. The number of benzene rings is 3. The summed E-state index contributed by atoms with van der Waals surface area (Å²) in [5.41, 5.74) is 2.06. The normalized spacial score (nSPS) is 19.5. The number of piperidine rings is 1. The van der Waals surface area contributed by atoms with Crippen molar-refractivity contribution in [2.75, 3.05) is 29.1 Å². The van der Waals surface area contributed by atoms with Crippen molar-refractivity contribution in [1.82, 2.24) is 10.2 Å². The molecule has 2 fully saturated rings. The Morgan fingerprint density at radius 2 is 1.65 bits per heavy atom. The smallest absolute Gasteiger partial charge is 0.349 e. The minimum Gasteiger partial charge on any atom is -0.479 e. The molecule has 2 aliphatic heterocycles. The lowest BCUT2D eigenvalue weighted by molar-refractivity contribution is -0.139. The molecule has 0 spiro atoms. The monoisotopic (exact) mass is 919 g/mol. The first-order valence-electron chi connectivity index (χ1n) is 19.8. The third kappa shape index (κ3) is 9.69. The molecule has 5 amide bonds. The minimum atomic E-state index is -3.68. The first-order chi connectivity index (χ1) is 29.8. The number of fused-ring (bicyclic) bond motifs is 1. The van der Waals surface area contributed by atoms with Crippen LogP contribution in [-0.4, -0.2) is 95.5 Å². The molecule has 3 aliphatic rings. The number of aliphatic carboxylic acids is 1. The summed E-state index contributed by atoms with van der Waals surface area (Å²) in [6.07, 6.45) is 1.47. The fourth-order valence-electron chi connectivity index (χ4n) is 8.41. The van der Waals surface area contributed by atoms with Crippen molar-refractivity contribution in [1.29, 1.82) is 0 Å². The number of halogens is 1. The molecule has 3 aromatic carbocycles. The Labute approximate surface area is 370 Å². The average Bonchev–Trinajstić information content (AvgIpc) is 3.67. The van der Waals surface area contributed by atoms with Crippen LogP contribution in [0, 0.1) is 5.41 Å². The molecular weight excluding hydrogens is 878 g/mol. The van der Waals surface area contributed by atoms with Gasteiger partial charge in [0.1, 0.15) is 11.1 Å². The average molecular weight is 920 g/mol. The third-order valence-corrected chi connectivity index (χ3v) is 15.3. The minimum absolute atomic E-state index is 0.00296. The van der Waals surface area contributed by atoms with E-state index >= 15 is 0 Å². The molecule has 330 valence electrons. The number of sulfone groups is 1. The van der Waals surface area contributed by atoms with E-state index in [9.17, 15) is 47.1 Å². The number of aromatic carboxylic acids is 1. The molecule has 0 radical (unpaired) electrons. The van der Waals surface area contributed by atoms with Gasteiger partial charge in [0.05, 0.1) is 33.6 Å². The number of nitrogens with zero attached hydrogens (tertiary/aromatic N) is 1. The number of rotatable bonds is 15. The molecule has 17 nitrogen and oxygen atoms in total. The Hall–Kier alpha value is -6.31. The molecule has 1 saturated carbocycles. The Kier molecular flexibility index (Phi) is 12.7. The van der Waals surface area contributed by atoms with Crippen LogP contribution in [0.3, 0.4) is 0 Å². The SMILES string of the molecule is CC1(C)C[C@@H](Nc2cccc(-c3sc(C(=O)O)c(OCC(=O)O)c3Cl)c2)CCC1S(=O)(=O)Cc1cccc(NC(=O)CNc2ccc3c(c2)C(=O)N(C2CCC(=O)NC2=O)C3=O)c1. The molecular formula is C43H42ClN5O12S2. The van der Waals surface area contributed by atoms with Gasteiger partial charge in [-0.05, 0) is 84.7 Å². The van der Waals surface area contributed by atoms with Crippen molar-refractivity contribution in [2.24, 2.45) is 5.41 Å². The summed E-state index contributed by atoms with van der Waals surface area (Å²) in [6, 6.07) is 16.9. The maximum atomic E-state index is 14.0. The molecule has 3 heterocycles. The number of carboxylic acids is 2. The van der Waals surface area contributed by atoms with E-state index in [-0.39, 0.29) is 58.0 Å². The summed E-state index contributed by atoms with van der Waals surface area (Å²) in [7, 11) is -3.68.